The first-order valence-electron chi connectivity index (χ1n) is 10.2. The molecule has 3 nitrogen and oxygen atoms in total. The molecule has 0 radical (unpaired) electrons. The second-order valence-electron chi connectivity index (χ2n) is 9.51. The maximum absolute atomic E-state index is 12.8. The highest BCUT2D eigenvalue weighted by molar-refractivity contribution is 7.08. The molecule has 6 rings (SSSR count). The van der Waals surface area contributed by atoms with Crippen LogP contribution in [-0.2, 0) is 5.41 Å². The Morgan fingerprint density at radius 2 is 1.72 bits per heavy atom. The lowest BCUT2D eigenvalue weighted by atomic mass is 9.53. The first-order chi connectivity index (χ1) is 12.1. The van der Waals surface area contributed by atoms with Crippen LogP contribution in [0.5, 0.6) is 0 Å². The third-order valence-corrected chi connectivity index (χ3v) is 8.38. The number of amides is 2. The van der Waals surface area contributed by atoms with Crippen LogP contribution in [0.25, 0.3) is 0 Å². The Kier molecular flexibility index (Phi) is 3.88. The summed E-state index contributed by atoms with van der Waals surface area (Å²) in [5.74, 6) is 2.62. The summed E-state index contributed by atoms with van der Waals surface area (Å²) in [5.41, 5.74) is 1.73. The molecular formula is C21H30N2OS. The molecule has 0 unspecified atom stereocenters. The average Bonchev–Trinajstić information content (AvgIpc) is 3.24. The van der Waals surface area contributed by atoms with E-state index in [2.05, 4.69) is 27.5 Å². The van der Waals surface area contributed by atoms with Crippen molar-refractivity contribution in [2.24, 2.45) is 17.8 Å². The van der Waals surface area contributed by atoms with Gasteiger partial charge in [0.1, 0.15) is 0 Å². The smallest absolute Gasteiger partial charge is 0.315 e. The zero-order valence-corrected chi connectivity index (χ0v) is 15.9. The molecule has 0 aliphatic heterocycles. The molecule has 0 aromatic carbocycles. The Labute approximate surface area is 155 Å². The lowest BCUT2D eigenvalue weighted by Crippen LogP contribution is -2.62. The van der Waals surface area contributed by atoms with Crippen molar-refractivity contribution in [3.05, 3.63) is 22.4 Å². The quantitative estimate of drug-likeness (QED) is 0.795. The molecule has 0 atom stereocenters. The molecule has 1 aromatic rings. The van der Waals surface area contributed by atoms with Gasteiger partial charge in [-0.1, -0.05) is 12.8 Å². The molecule has 5 saturated carbocycles. The molecule has 0 saturated heterocycles. The SMILES string of the molecule is O=C(NCC1(c2ccsc2)CCCC1)NC12CC3CC(CC(C3)C1)C2. The zero-order chi connectivity index (χ0) is 16.9. The molecule has 1 aromatic heterocycles. The minimum atomic E-state index is 0.0865. The van der Waals surface area contributed by atoms with Crippen LogP contribution in [0.2, 0.25) is 0 Å². The van der Waals surface area contributed by atoms with E-state index >= 15 is 0 Å². The molecule has 2 amide bonds. The van der Waals surface area contributed by atoms with Crippen LogP contribution in [0.15, 0.2) is 16.8 Å². The maximum atomic E-state index is 12.8. The van der Waals surface area contributed by atoms with Gasteiger partial charge in [-0.05, 0) is 91.5 Å². The largest absolute Gasteiger partial charge is 0.337 e. The van der Waals surface area contributed by atoms with Crippen LogP contribution < -0.4 is 10.6 Å². The Balaban J connectivity index is 1.24. The van der Waals surface area contributed by atoms with Crippen LogP contribution in [0, 0.1) is 17.8 Å². The molecule has 1 heterocycles. The highest BCUT2D eigenvalue weighted by Gasteiger charge is 2.51. The molecule has 4 bridgehead atoms. The molecule has 5 fully saturated rings. The topological polar surface area (TPSA) is 41.1 Å². The third-order valence-electron chi connectivity index (χ3n) is 7.70. The second kappa shape index (κ2) is 6.00. The van der Waals surface area contributed by atoms with Crippen LogP contribution in [0.4, 0.5) is 4.79 Å². The Hall–Kier alpha value is -1.03. The van der Waals surface area contributed by atoms with Crippen molar-refractivity contribution in [2.45, 2.75) is 75.2 Å². The lowest BCUT2D eigenvalue weighted by Gasteiger charge is -2.56. The minimum absolute atomic E-state index is 0.0865. The number of carbonyl (C=O) groups is 1. The number of hydrogen-bond donors (Lipinski definition) is 2. The number of thiophene rings is 1. The first-order valence-corrected chi connectivity index (χ1v) is 11.2. The van der Waals surface area contributed by atoms with Gasteiger partial charge in [0.15, 0.2) is 0 Å². The molecule has 2 N–H and O–H groups in total. The average molecular weight is 359 g/mol. The van der Waals surface area contributed by atoms with Gasteiger partial charge in [-0.3, -0.25) is 0 Å². The first kappa shape index (κ1) is 16.2. The predicted octanol–water partition coefficient (Wildman–Crippen LogP) is 4.83. The van der Waals surface area contributed by atoms with Gasteiger partial charge in [-0.25, -0.2) is 4.79 Å². The fourth-order valence-electron chi connectivity index (χ4n) is 6.98. The highest BCUT2D eigenvalue weighted by atomic mass is 32.1. The minimum Gasteiger partial charge on any atom is -0.337 e. The Morgan fingerprint density at radius 1 is 1.08 bits per heavy atom. The van der Waals surface area contributed by atoms with E-state index in [0.29, 0.717) is 0 Å². The standard InChI is InChI=1S/C21H30N2OS/c24-19(22-14-20(4-1-2-5-20)18-3-6-25-13-18)23-21-10-15-7-16(11-21)9-17(8-15)12-21/h3,6,13,15-17H,1-2,4-5,7-12,14H2,(H2,22,23,24). The molecule has 5 aliphatic rings. The van der Waals surface area contributed by atoms with Crippen LogP contribution in [0.3, 0.4) is 0 Å². The molecule has 0 spiro atoms. The van der Waals surface area contributed by atoms with Crippen molar-refractivity contribution in [1.29, 1.82) is 0 Å². The van der Waals surface area contributed by atoms with Crippen LogP contribution in [-0.4, -0.2) is 18.1 Å². The van der Waals surface area contributed by atoms with Gasteiger partial charge in [0.25, 0.3) is 0 Å². The molecule has 136 valence electrons. The number of nitrogens with one attached hydrogen (secondary N) is 2. The van der Waals surface area contributed by atoms with Gasteiger partial charge in [0.2, 0.25) is 0 Å². The second-order valence-corrected chi connectivity index (χ2v) is 10.3. The van der Waals surface area contributed by atoms with Gasteiger partial charge < -0.3 is 10.6 Å². The fraction of sp³-hybridized carbons (Fsp3) is 0.762. The van der Waals surface area contributed by atoms with Crippen molar-refractivity contribution < 1.29 is 4.79 Å². The molecule has 5 aliphatic carbocycles. The summed E-state index contributed by atoms with van der Waals surface area (Å²) in [6, 6.07) is 2.35. The Bertz CT molecular complexity index is 597. The summed E-state index contributed by atoms with van der Waals surface area (Å²) in [6.07, 6.45) is 12.9. The lowest BCUT2D eigenvalue weighted by molar-refractivity contribution is -0.0135. The van der Waals surface area contributed by atoms with E-state index in [-0.39, 0.29) is 17.0 Å². The van der Waals surface area contributed by atoms with Gasteiger partial charge in [0.05, 0.1) is 0 Å². The highest BCUT2D eigenvalue weighted by Crippen LogP contribution is 2.55. The van der Waals surface area contributed by atoms with E-state index in [0.717, 1.165) is 24.3 Å². The third kappa shape index (κ3) is 2.90. The maximum Gasteiger partial charge on any atom is 0.315 e. The van der Waals surface area contributed by atoms with E-state index in [4.69, 9.17) is 0 Å². The van der Waals surface area contributed by atoms with Crippen molar-refractivity contribution in [2.75, 3.05) is 6.54 Å². The zero-order valence-electron chi connectivity index (χ0n) is 15.1. The van der Waals surface area contributed by atoms with Crippen LogP contribution >= 0.6 is 11.3 Å². The summed E-state index contributed by atoms with van der Waals surface area (Å²) in [5, 5.41) is 11.2. The van der Waals surface area contributed by atoms with Gasteiger partial charge >= 0.3 is 6.03 Å². The van der Waals surface area contributed by atoms with E-state index in [9.17, 15) is 4.79 Å². The Morgan fingerprint density at radius 3 is 2.28 bits per heavy atom. The van der Waals surface area contributed by atoms with E-state index in [1.165, 1.54) is 69.8 Å². The van der Waals surface area contributed by atoms with Gasteiger partial charge in [-0.2, -0.15) is 11.3 Å². The van der Waals surface area contributed by atoms with Crippen molar-refractivity contribution in [3.63, 3.8) is 0 Å². The van der Waals surface area contributed by atoms with Gasteiger partial charge in [-0.15, -0.1) is 0 Å². The van der Waals surface area contributed by atoms with Crippen molar-refractivity contribution in [1.82, 2.24) is 10.6 Å². The van der Waals surface area contributed by atoms with Crippen molar-refractivity contribution in [3.8, 4) is 0 Å². The summed E-state index contributed by atoms with van der Waals surface area (Å²) in [4.78, 5) is 12.8. The summed E-state index contributed by atoms with van der Waals surface area (Å²) in [6.45, 7) is 0.794. The fourth-order valence-corrected chi connectivity index (χ4v) is 7.76. The van der Waals surface area contributed by atoms with E-state index in [1.807, 2.05) is 0 Å². The van der Waals surface area contributed by atoms with Gasteiger partial charge in [0, 0.05) is 17.5 Å². The van der Waals surface area contributed by atoms with Crippen molar-refractivity contribution >= 4 is 17.4 Å². The number of carbonyl (C=O) groups excluding carboxylic acids is 1. The van der Waals surface area contributed by atoms with E-state index in [1.54, 1.807) is 11.3 Å². The summed E-state index contributed by atoms with van der Waals surface area (Å²) in [7, 11) is 0. The number of urea groups is 1. The normalized spacial score (nSPS) is 38.0. The molecule has 4 heteroatoms. The van der Waals surface area contributed by atoms with Crippen LogP contribution in [0.1, 0.15) is 69.8 Å². The predicted molar refractivity (Wildman–Crippen MR) is 102 cm³/mol. The van der Waals surface area contributed by atoms with E-state index < -0.39 is 0 Å². The summed E-state index contributed by atoms with van der Waals surface area (Å²) < 4.78 is 0. The monoisotopic (exact) mass is 358 g/mol. The molecule has 25 heavy (non-hydrogen) atoms. The number of rotatable bonds is 4. The number of hydrogen-bond acceptors (Lipinski definition) is 2. The molecular weight excluding hydrogens is 328 g/mol. The summed E-state index contributed by atoms with van der Waals surface area (Å²) >= 11 is 1.78.